The standard InChI is InChI=1S/C21H23N5O3S/c1-13-3-4-16(23-10-13)12-29-21-26-25-20(30-21)24-19(27)18-11-22-14(2)9-17(18)15-5-7-28-8-6-15/h3-4,9-11,15H,5-8,12H2,1-2H3,(H,24,25,27). The largest absolute Gasteiger partial charge is 0.462 e. The maximum Gasteiger partial charge on any atom is 0.296 e. The van der Waals surface area contributed by atoms with Crippen molar-refractivity contribution in [2.24, 2.45) is 0 Å². The Labute approximate surface area is 178 Å². The van der Waals surface area contributed by atoms with Gasteiger partial charge in [-0.2, -0.15) is 0 Å². The molecule has 3 aromatic rings. The Kier molecular flexibility index (Phi) is 6.29. The zero-order chi connectivity index (χ0) is 20.9. The van der Waals surface area contributed by atoms with Crippen molar-refractivity contribution in [3.63, 3.8) is 0 Å². The van der Waals surface area contributed by atoms with Gasteiger partial charge in [-0.05, 0) is 67.2 Å². The first-order valence-electron chi connectivity index (χ1n) is 9.82. The van der Waals surface area contributed by atoms with E-state index in [1.165, 1.54) is 11.3 Å². The lowest BCUT2D eigenvalue weighted by atomic mass is 9.88. The number of hydrogen-bond donors (Lipinski definition) is 1. The lowest BCUT2D eigenvalue weighted by molar-refractivity contribution is 0.0846. The van der Waals surface area contributed by atoms with E-state index in [0.717, 1.165) is 35.4 Å². The van der Waals surface area contributed by atoms with Gasteiger partial charge < -0.3 is 9.47 Å². The zero-order valence-corrected chi connectivity index (χ0v) is 17.7. The van der Waals surface area contributed by atoms with Crippen LogP contribution in [0.25, 0.3) is 0 Å². The quantitative estimate of drug-likeness (QED) is 0.643. The summed E-state index contributed by atoms with van der Waals surface area (Å²) in [5, 5.41) is 11.6. The first-order chi connectivity index (χ1) is 14.6. The van der Waals surface area contributed by atoms with Crippen molar-refractivity contribution in [1.82, 2.24) is 20.2 Å². The Hall–Kier alpha value is -2.91. The summed E-state index contributed by atoms with van der Waals surface area (Å²) >= 11 is 1.18. The third-order valence-corrected chi connectivity index (χ3v) is 5.67. The topological polar surface area (TPSA) is 99.1 Å². The van der Waals surface area contributed by atoms with E-state index in [1.54, 1.807) is 12.4 Å². The Morgan fingerprint density at radius 2 is 2.03 bits per heavy atom. The van der Waals surface area contributed by atoms with Crippen molar-refractivity contribution in [2.75, 3.05) is 18.5 Å². The molecule has 0 bridgehead atoms. The fraction of sp³-hybridized carbons (Fsp3) is 0.381. The summed E-state index contributed by atoms with van der Waals surface area (Å²) < 4.78 is 11.1. The van der Waals surface area contributed by atoms with E-state index in [0.29, 0.717) is 35.7 Å². The average Bonchev–Trinajstić information content (AvgIpc) is 3.21. The number of nitrogens with one attached hydrogen (secondary N) is 1. The fourth-order valence-electron chi connectivity index (χ4n) is 3.32. The predicted octanol–water partition coefficient (Wildman–Crippen LogP) is 3.67. The van der Waals surface area contributed by atoms with Crippen LogP contribution in [0.2, 0.25) is 0 Å². The van der Waals surface area contributed by atoms with E-state index in [-0.39, 0.29) is 11.8 Å². The molecule has 30 heavy (non-hydrogen) atoms. The Morgan fingerprint density at radius 1 is 1.20 bits per heavy atom. The Bertz CT molecular complexity index is 1020. The monoisotopic (exact) mass is 425 g/mol. The van der Waals surface area contributed by atoms with Crippen molar-refractivity contribution < 1.29 is 14.3 Å². The SMILES string of the molecule is Cc1ccc(COc2nnc(NC(=O)c3cnc(C)cc3C3CCOCC3)s2)nc1. The summed E-state index contributed by atoms with van der Waals surface area (Å²) in [6.45, 7) is 5.62. The molecule has 0 aliphatic carbocycles. The van der Waals surface area contributed by atoms with Crippen LogP contribution in [-0.2, 0) is 11.3 Å². The molecule has 0 unspecified atom stereocenters. The molecular weight excluding hydrogens is 402 g/mol. The highest BCUT2D eigenvalue weighted by atomic mass is 32.1. The van der Waals surface area contributed by atoms with E-state index in [9.17, 15) is 4.79 Å². The van der Waals surface area contributed by atoms with E-state index in [4.69, 9.17) is 9.47 Å². The van der Waals surface area contributed by atoms with Crippen LogP contribution >= 0.6 is 11.3 Å². The van der Waals surface area contributed by atoms with E-state index < -0.39 is 0 Å². The van der Waals surface area contributed by atoms with Gasteiger partial charge in [0.15, 0.2) is 0 Å². The predicted molar refractivity (Wildman–Crippen MR) is 113 cm³/mol. The van der Waals surface area contributed by atoms with Crippen molar-refractivity contribution >= 4 is 22.4 Å². The molecule has 0 spiro atoms. The smallest absolute Gasteiger partial charge is 0.296 e. The third-order valence-electron chi connectivity index (χ3n) is 4.92. The van der Waals surface area contributed by atoms with Crippen LogP contribution in [0.5, 0.6) is 5.19 Å². The first-order valence-corrected chi connectivity index (χ1v) is 10.6. The average molecular weight is 426 g/mol. The lowest BCUT2D eigenvalue weighted by Crippen LogP contribution is -2.20. The number of ether oxygens (including phenoxy) is 2. The van der Waals surface area contributed by atoms with Gasteiger partial charge in [-0.1, -0.05) is 11.2 Å². The number of hydrogen-bond acceptors (Lipinski definition) is 8. The molecule has 4 rings (SSSR count). The maximum atomic E-state index is 12.9. The minimum absolute atomic E-state index is 0.244. The van der Waals surface area contributed by atoms with Gasteiger partial charge in [-0.15, -0.1) is 5.10 Å². The number of rotatable bonds is 6. The van der Waals surface area contributed by atoms with E-state index in [2.05, 4.69) is 25.5 Å². The summed E-state index contributed by atoms with van der Waals surface area (Å²) in [5.41, 5.74) is 4.35. The molecule has 1 fully saturated rings. The van der Waals surface area contributed by atoms with Gasteiger partial charge in [-0.25, -0.2) is 0 Å². The van der Waals surface area contributed by atoms with Gasteiger partial charge in [0.25, 0.3) is 11.1 Å². The molecule has 9 heteroatoms. The Balaban J connectivity index is 1.42. The van der Waals surface area contributed by atoms with Crippen molar-refractivity contribution in [3.8, 4) is 5.19 Å². The normalized spacial score (nSPS) is 14.5. The van der Waals surface area contributed by atoms with Gasteiger partial charge in [0.05, 0.1) is 11.3 Å². The summed E-state index contributed by atoms with van der Waals surface area (Å²) in [6.07, 6.45) is 5.22. The molecule has 1 amide bonds. The number of pyridine rings is 2. The van der Waals surface area contributed by atoms with E-state index in [1.807, 2.05) is 32.0 Å². The lowest BCUT2D eigenvalue weighted by Gasteiger charge is -2.24. The summed E-state index contributed by atoms with van der Waals surface area (Å²) in [4.78, 5) is 21.5. The highest BCUT2D eigenvalue weighted by Crippen LogP contribution is 2.31. The number of anilines is 1. The van der Waals surface area contributed by atoms with Crippen molar-refractivity contribution in [1.29, 1.82) is 0 Å². The first kappa shape index (κ1) is 20.4. The molecule has 4 heterocycles. The molecule has 1 aliphatic heterocycles. The van der Waals surface area contributed by atoms with Crippen LogP contribution in [0, 0.1) is 13.8 Å². The molecule has 156 valence electrons. The molecule has 8 nitrogen and oxygen atoms in total. The molecule has 0 atom stereocenters. The summed E-state index contributed by atoms with van der Waals surface area (Å²) in [5.74, 6) is 0.0448. The van der Waals surface area contributed by atoms with Gasteiger partial charge in [0, 0.05) is 31.3 Å². The molecule has 0 radical (unpaired) electrons. The molecule has 1 aliphatic rings. The number of aromatic nitrogens is 4. The number of aryl methyl sites for hydroxylation is 2. The van der Waals surface area contributed by atoms with Crippen LogP contribution in [0.15, 0.2) is 30.6 Å². The zero-order valence-electron chi connectivity index (χ0n) is 16.9. The molecule has 1 saturated heterocycles. The number of carbonyl (C=O) groups excluding carboxylic acids is 1. The summed E-state index contributed by atoms with van der Waals surface area (Å²) in [7, 11) is 0. The molecule has 0 saturated carbocycles. The van der Waals surface area contributed by atoms with Gasteiger partial charge >= 0.3 is 0 Å². The molecule has 0 aromatic carbocycles. The minimum Gasteiger partial charge on any atom is -0.462 e. The van der Waals surface area contributed by atoms with Crippen LogP contribution < -0.4 is 10.1 Å². The number of carbonyl (C=O) groups is 1. The molecular formula is C21H23N5O3S. The third kappa shape index (κ3) is 4.98. The van der Waals surface area contributed by atoms with E-state index >= 15 is 0 Å². The van der Waals surface area contributed by atoms with Crippen LogP contribution in [0.4, 0.5) is 5.13 Å². The maximum absolute atomic E-state index is 12.9. The minimum atomic E-state index is -0.244. The number of amides is 1. The second kappa shape index (κ2) is 9.27. The summed E-state index contributed by atoms with van der Waals surface area (Å²) in [6, 6.07) is 5.87. The van der Waals surface area contributed by atoms with Crippen LogP contribution in [0.3, 0.4) is 0 Å². The van der Waals surface area contributed by atoms with Gasteiger partial charge in [0.1, 0.15) is 6.61 Å². The molecule has 1 N–H and O–H groups in total. The second-order valence-electron chi connectivity index (χ2n) is 7.24. The van der Waals surface area contributed by atoms with Crippen LogP contribution in [-0.4, -0.2) is 39.3 Å². The van der Waals surface area contributed by atoms with Crippen molar-refractivity contribution in [3.05, 3.63) is 58.7 Å². The Morgan fingerprint density at radius 3 is 2.80 bits per heavy atom. The molecule has 3 aromatic heterocycles. The van der Waals surface area contributed by atoms with Crippen molar-refractivity contribution in [2.45, 2.75) is 39.2 Å². The van der Waals surface area contributed by atoms with Crippen LogP contribution in [0.1, 0.15) is 51.6 Å². The number of nitrogens with zero attached hydrogens (tertiary/aromatic N) is 4. The highest BCUT2D eigenvalue weighted by Gasteiger charge is 2.23. The second-order valence-corrected chi connectivity index (χ2v) is 8.18. The fourth-order valence-corrected chi connectivity index (χ4v) is 3.91. The highest BCUT2D eigenvalue weighted by molar-refractivity contribution is 7.17. The van der Waals surface area contributed by atoms with Gasteiger partial charge in [0.2, 0.25) is 5.13 Å². The van der Waals surface area contributed by atoms with Gasteiger partial charge in [-0.3, -0.25) is 20.1 Å².